The molecule has 1 aromatic carbocycles. The van der Waals surface area contributed by atoms with Gasteiger partial charge in [0, 0.05) is 6.42 Å². The van der Waals surface area contributed by atoms with Crippen LogP contribution in [0.3, 0.4) is 0 Å². The number of primary amides is 1. The smallest absolute Gasteiger partial charge is 0.250 e. The number of hydrogen-bond donors (Lipinski definition) is 3. The normalized spacial score (nSPS) is 10.5. The second-order valence-electron chi connectivity index (χ2n) is 7.20. The van der Waals surface area contributed by atoms with Crippen molar-refractivity contribution in [1.29, 1.82) is 0 Å². The zero-order valence-electron chi connectivity index (χ0n) is 17.1. The minimum atomic E-state index is -0.543. The lowest BCUT2D eigenvalue weighted by Crippen LogP contribution is -2.34. The Morgan fingerprint density at radius 1 is 0.893 bits per heavy atom. The van der Waals surface area contributed by atoms with Crippen molar-refractivity contribution in [3.05, 3.63) is 29.8 Å². The van der Waals surface area contributed by atoms with Crippen LogP contribution in [0.2, 0.25) is 0 Å². The fourth-order valence-electron chi connectivity index (χ4n) is 3.10. The van der Waals surface area contributed by atoms with Gasteiger partial charge in [-0.2, -0.15) is 0 Å². The van der Waals surface area contributed by atoms with Gasteiger partial charge in [-0.15, -0.1) is 0 Å². The summed E-state index contributed by atoms with van der Waals surface area (Å²) in [6, 6.07) is 6.80. The van der Waals surface area contributed by atoms with Crippen LogP contribution in [0.4, 0.5) is 5.69 Å². The molecule has 5 nitrogen and oxygen atoms in total. The van der Waals surface area contributed by atoms with Crippen LogP contribution in [0.1, 0.15) is 94.3 Å². The van der Waals surface area contributed by atoms with Gasteiger partial charge < -0.3 is 16.4 Å². The molecule has 0 aromatic heterocycles. The highest BCUT2D eigenvalue weighted by molar-refractivity contribution is 7.80. The molecule has 0 aliphatic heterocycles. The number of carbonyl (C=O) groups excluding carboxylic acids is 2. The van der Waals surface area contributed by atoms with Gasteiger partial charge in [0.05, 0.1) is 11.3 Å². The monoisotopic (exact) mass is 405 g/mol. The van der Waals surface area contributed by atoms with E-state index in [9.17, 15) is 9.59 Å². The van der Waals surface area contributed by atoms with Crippen LogP contribution in [0, 0.1) is 0 Å². The van der Waals surface area contributed by atoms with Crippen LogP contribution in [0.5, 0.6) is 0 Å². The Morgan fingerprint density at radius 3 is 2.00 bits per heavy atom. The van der Waals surface area contributed by atoms with Gasteiger partial charge in [0.1, 0.15) is 0 Å². The van der Waals surface area contributed by atoms with E-state index in [2.05, 4.69) is 17.6 Å². The highest BCUT2D eigenvalue weighted by Crippen LogP contribution is 2.14. The Kier molecular flexibility index (Phi) is 12.9. The molecular formula is C22H35N3O2S. The summed E-state index contributed by atoms with van der Waals surface area (Å²) in [7, 11) is 0. The number of rotatable bonds is 14. The molecule has 0 bridgehead atoms. The average molecular weight is 406 g/mol. The number of amides is 2. The molecule has 4 N–H and O–H groups in total. The van der Waals surface area contributed by atoms with Crippen molar-refractivity contribution in [2.75, 3.05) is 5.32 Å². The van der Waals surface area contributed by atoms with Gasteiger partial charge in [0.25, 0.3) is 5.91 Å². The molecule has 28 heavy (non-hydrogen) atoms. The van der Waals surface area contributed by atoms with Gasteiger partial charge >= 0.3 is 0 Å². The summed E-state index contributed by atoms with van der Waals surface area (Å²) < 4.78 is 0. The predicted octanol–water partition coefficient (Wildman–Crippen LogP) is 5.30. The maximum atomic E-state index is 12.0. The first-order chi connectivity index (χ1) is 13.5. The van der Waals surface area contributed by atoms with Gasteiger partial charge in [-0.05, 0) is 30.8 Å². The first kappa shape index (κ1) is 24.1. The zero-order valence-corrected chi connectivity index (χ0v) is 17.9. The number of unbranched alkanes of at least 4 members (excludes halogenated alkanes) is 10. The second kappa shape index (κ2) is 15.0. The number of carbonyl (C=O) groups is 2. The summed E-state index contributed by atoms with van der Waals surface area (Å²) in [5.41, 5.74) is 6.17. The SMILES string of the molecule is CCCCCCCCCCCCCC(=O)NC(=S)Nc1ccccc1C(N)=O. The van der Waals surface area contributed by atoms with E-state index < -0.39 is 5.91 Å². The number of nitrogens with two attached hydrogens (primary N) is 1. The van der Waals surface area contributed by atoms with Crippen LogP contribution in [-0.4, -0.2) is 16.9 Å². The first-order valence-corrected chi connectivity index (χ1v) is 10.9. The van der Waals surface area contributed by atoms with Gasteiger partial charge in [0.15, 0.2) is 5.11 Å². The van der Waals surface area contributed by atoms with E-state index in [1.54, 1.807) is 24.3 Å². The van der Waals surface area contributed by atoms with Gasteiger partial charge in [0.2, 0.25) is 5.91 Å². The van der Waals surface area contributed by atoms with E-state index >= 15 is 0 Å². The van der Waals surface area contributed by atoms with E-state index in [0.29, 0.717) is 17.7 Å². The second-order valence-corrected chi connectivity index (χ2v) is 7.61. The Bertz CT molecular complexity index is 620. The van der Waals surface area contributed by atoms with Crippen molar-refractivity contribution in [3.8, 4) is 0 Å². The van der Waals surface area contributed by atoms with Crippen molar-refractivity contribution in [2.24, 2.45) is 5.73 Å². The standard InChI is InChI=1S/C22H35N3O2S/c1-2-3-4-5-6-7-8-9-10-11-12-17-20(26)25-22(28)24-19-16-14-13-15-18(19)21(23)27/h13-16H,2-12,17H2,1H3,(H2,23,27)(H2,24,25,26,28). The largest absolute Gasteiger partial charge is 0.366 e. The summed E-state index contributed by atoms with van der Waals surface area (Å²) >= 11 is 5.15. The molecule has 0 saturated heterocycles. The Hall–Kier alpha value is -1.95. The van der Waals surface area contributed by atoms with E-state index in [1.165, 1.54) is 57.8 Å². The van der Waals surface area contributed by atoms with Crippen LogP contribution < -0.4 is 16.4 Å². The number of thiocarbonyl (C=S) groups is 1. The summed E-state index contributed by atoms with van der Waals surface area (Å²) in [5.74, 6) is -0.650. The Morgan fingerprint density at radius 2 is 1.43 bits per heavy atom. The third-order valence-corrected chi connectivity index (χ3v) is 4.91. The lowest BCUT2D eigenvalue weighted by atomic mass is 10.1. The minimum absolute atomic E-state index is 0.106. The topological polar surface area (TPSA) is 84.2 Å². The predicted molar refractivity (Wildman–Crippen MR) is 120 cm³/mol. The first-order valence-electron chi connectivity index (χ1n) is 10.5. The van der Waals surface area contributed by atoms with Crippen LogP contribution in [-0.2, 0) is 4.79 Å². The summed E-state index contributed by atoms with van der Waals surface area (Å²) in [5, 5.41) is 5.71. The fourth-order valence-corrected chi connectivity index (χ4v) is 3.32. The quantitative estimate of drug-likeness (QED) is 0.290. The molecule has 0 aliphatic carbocycles. The summed E-state index contributed by atoms with van der Waals surface area (Å²) in [4.78, 5) is 23.4. The number of benzene rings is 1. The van der Waals surface area contributed by atoms with Gasteiger partial charge in [-0.1, -0.05) is 83.3 Å². The van der Waals surface area contributed by atoms with Crippen LogP contribution in [0.15, 0.2) is 24.3 Å². The van der Waals surface area contributed by atoms with E-state index in [1.807, 2.05) is 0 Å². The molecule has 1 aromatic rings. The number of hydrogen-bond acceptors (Lipinski definition) is 3. The van der Waals surface area contributed by atoms with Crippen molar-refractivity contribution in [3.63, 3.8) is 0 Å². The Balaban J connectivity index is 2.09. The molecule has 1 rings (SSSR count). The molecule has 0 atom stereocenters. The lowest BCUT2D eigenvalue weighted by molar-refractivity contribution is -0.119. The number of anilines is 1. The fraction of sp³-hybridized carbons (Fsp3) is 0.591. The molecular weight excluding hydrogens is 370 g/mol. The molecule has 0 saturated carbocycles. The molecule has 0 aliphatic rings. The van der Waals surface area contributed by atoms with Crippen LogP contribution >= 0.6 is 12.2 Å². The maximum Gasteiger partial charge on any atom is 0.250 e. The molecule has 6 heteroatoms. The van der Waals surface area contributed by atoms with Crippen molar-refractivity contribution < 1.29 is 9.59 Å². The summed E-state index contributed by atoms with van der Waals surface area (Å²) in [6.45, 7) is 2.24. The molecule has 0 heterocycles. The minimum Gasteiger partial charge on any atom is -0.366 e. The Labute approximate surface area is 174 Å². The highest BCUT2D eigenvalue weighted by atomic mass is 32.1. The van der Waals surface area contributed by atoms with Crippen LogP contribution in [0.25, 0.3) is 0 Å². The third-order valence-electron chi connectivity index (χ3n) is 4.70. The molecule has 0 spiro atoms. The van der Waals surface area contributed by atoms with E-state index in [4.69, 9.17) is 18.0 Å². The van der Waals surface area contributed by atoms with Gasteiger partial charge in [-0.3, -0.25) is 9.59 Å². The molecule has 0 radical (unpaired) electrons. The highest BCUT2D eigenvalue weighted by Gasteiger charge is 2.10. The third kappa shape index (κ3) is 11.0. The molecule has 156 valence electrons. The molecule has 0 unspecified atom stereocenters. The van der Waals surface area contributed by atoms with Crippen molar-refractivity contribution in [2.45, 2.75) is 84.0 Å². The number of para-hydroxylation sites is 1. The van der Waals surface area contributed by atoms with Crippen molar-refractivity contribution >= 4 is 34.8 Å². The molecule has 0 fully saturated rings. The van der Waals surface area contributed by atoms with E-state index in [0.717, 1.165) is 12.8 Å². The zero-order chi connectivity index (χ0) is 20.6. The van der Waals surface area contributed by atoms with Gasteiger partial charge in [-0.25, -0.2) is 0 Å². The van der Waals surface area contributed by atoms with E-state index in [-0.39, 0.29) is 11.0 Å². The van der Waals surface area contributed by atoms with Crippen molar-refractivity contribution in [1.82, 2.24) is 5.32 Å². The average Bonchev–Trinajstić information content (AvgIpc) is 2.66. The number of nitrogens with one attached hydrogen (secondary N) is 2. The molecule has 2 amide bonds. The maximum absolute atomic E-state index is 12.0. The lowest BCUT2D eigenvalue weighted by Gasteiger charge is -2.11. The summed E-state index contributed by atoms with van der Waals surface area (Å²) in [6.07, 6.45) is 14.2.